The molecule has 0 unspecified atom stereocenters. The fourth-order valence-corrected chi connectivity index (χ4v) is 2.97. The second-order valence-electron chi connectivity index (χ2n) is 5.69. The van der Waals surface area contributed by atoms with Crippen molar-refractivity contribution in [3.63, 3.8) is 0 Å². The van der Waals surface area contributed by atoms with E-state index in [9.17, 15) is 0 Å². The van der Waals surface area contributed by atoms with E-state index in [2.05, 4.69) is 63.1 Å². The number of benzene rings is 2. The molecule has 0 fully saturated rings. The predicted molar refractivity (Wildman–Crippen MR) is 92.9 cm³/mol. The molecule has 112 valence electrons. The molecule has 4 rings (SSSR count). The minimum atomic E-state index is 0.929. The third kappa shape index (κ3) is 2.61. The highest BCUT2D eigenvalue weighted by molar-refractivity contribution is 5.77. The zero-order valence-corrected chi connectivity index (χ0v) is 13.0. The molecule has 0 aliphatic carbocycles. The topological polar surface area (TPSA) is 30.7 Å². The van der Waals surface area contributed by atoms with Crippen LogP contribution in [0.25, 0.3) is 16.7 Å². The standard InChI is InChI=1S/C20H17N3/c1-15-22-19-14-21-12-11-20(19)23(15)18-9-7-17(8-10-18)13-16-5-3-2-4-6-16/h2-12,14H,13H2,1H3. The van der Waals surface area contributed by atoms with Gasteiger partial charge in [-0.25, -0.2) is 4.98 Å². The summed E-state index contributed by atoms with van der Waals surface area (Å²) in [5.41, 5.74) is 5.79. The molecular formula is C20H17N3. The Morgan fingerprint density at radius 2 is 1.61 bits per heavy atom. The van der Waals surface area contributed by atoms with Crippen LogP contribution in [0.3, 0.4) is 0 Å². The maximum atomic E-state index is 4.58. The van der Waals surface area contributed by atoms with Gasteiger partial charge in [0.2, 0.25) is 0 Å². The molecule has 3 nitrogen and oxygen atoms in total. The first-order valence-corrected chi connectivity index (χ1v) is 7.73. The molecule has 0 bridgehead atoms. The van der Waals surface area contributed by atoms with Crippen LogP contribution in [0.15, 0.2) is 73.1 Å². The van der Waals surface area contributed by atoms with E-state index < -0.39 is 0 Å². The molecule has 0 aliphatic heterocycles. The second kappa shape index (κ2) is 5.69. The summed E-state index contributed by atoms with van der Waals surface area (Å²) in [6.07, 6.45) is 4.57. The van der Waals surface area contributed by atoms with E-state index in [1.165, 1.54) is 11.1 Å². The van der Waals surface area contributed by atoms with Gasteiger partial charge in [-0.05, 0) is 42.7 Å². The maximum absolute atomic E-state index is 4.58. The first kappa shape index (κ1) is 13.7. The highest BCUT2D eigenvalue weighted by Crippen LogP contribution is 2.21. The van der Waals surface area contributed by atoms with Gasteiger partial charge in [-0.3, -0.25) is 9.55 Å². The lowest BCUT2D eigenvalue weighted by Gasteiger charge is -2.08. The Hall–Kier alpha value is -2.94. The summed E-state index contributed by atoms with van der Waals surface area (Å²) in [5, 5.41) is 0. The van der Waals surface area contributed by atoms with E-state index in [4.69, 9.17) is 0 Å². The van der Waals surface area contributed by atoms with E-state index >= 15 is 0 Å². The summed E-state index contributed by atoms with van der Waals surface area (Å²) in [6.45, 7) is 2.03. The van der Waals surface area contributed by atoms with Crippen molar-refractivity contribution < 1.29 is 0 Å². The summed E-state index contributed by atoms with van der Waals surface area (Å²) in [5.74, 6) is 0.976. The number of hydrogen-bond donors (Lipinski definition) is 0. The van der Waals surface area contributed by atoms with Crippen molar-refractivity contribution in [3.05, 3.63) is 90.0 Å². The van der Waals surface area contributed by atoms with Crippen LogP contribution < -0.4 is 0 Å². The van der Waals surface area contributed by atoms with Crippen molar-refractivity contribution in [1.82, 2.24) is 14.5 Å². The largest absolute Gasteiger partial charge is 0.296 e. The summed E-state index contributed by atoms with van der Waals surface area (Å²) < 4.78 is 2.17. The Morgan fingerprint density at radius 3 is 2.39 bits per heavy atom. The highest BCUT2D eigenvalue weighted by atomic mass is 15.1. The molecule has 0 spiro atoms. The fourth-order valence-electron chi connectivity index (χ4n) is 2.97. The summed E-state index contributed by atoms with van der Waals surface area (Å²) in [7, 11) is 0. The van der Waals surface area contributed by atoms with Crippen molar-refractivity contribution in [2.45, 2.75) is 13.3 Å². The Balaban J connectivity index is 1.69. The third-order valence-corrected chi connectivity index (χ3v) is 4.07. The first-order chi connectivity index (χ1) is 11.3. The molecule has 2 aromatic carbocycles. The number of nitrogens with zero attached hydrogens (tertiary/aromatic N) is 3. The van der Waals surface area contributed by atoms with Crippen molar-refractivity contribution >= 4 is 11.0 Å². The predicted octanol–water partition coefficient (Wildman–Crippen LogP) is 4.32. The van der Waals surface area contributed by atoms with E-state index in [0.29, 0.717) is 0 Å². The molecule has 2 aromatic heterocycles. The number of fused-ring (bicyclic) bond motifs is 1. The fraction of sp³-hybridized carbons (Fsp3) is 0.100. The SMILES string of the molecule is Cc1nc2cnccc2n1-c1ccc(Cc2ccccc2)cc1. The smallest absolute Gasteiger partial charge is 0.111 e. The van der Waals surface area contributed by atoms with E-state index in [-0.39, 0.29) is 0 Å². The molecule has 0 aliphatic rings. The minimum absolute atomic E-state index is 0.929. The first-order valence-electron chi connectivity index (χ1n) is 7.73. The molecule has 3 heteroatoms. The van der Waals surface area contributed by atoms with E-state index in [1.807, 2.05) is 31.5 Å². The molecular weight excluding hydrogens is 282 g/mol. The van der Waals surface area contributed by atoms with Crippen molar-refractivity contribution in [3.8, 4) is 5.69 Å². The number of aryl methyl sites for hydroxylation is 1. The maximum Gasteiger partial charge on any atom is 0.111 e. The average Bonchev–Trinajstić information content (AvgIpc) is 2.92. The summed E-state index contributed by atoms with van der Waals surface area (Å²) >= 11 is 0. The van der Waals surface area contributed by atoms with Crippen LogP contribution in [0.5, 0.6) is 0 Å². The lowest BCUT2D eigenvalue weighted by atomic mass is 10.0. The monoisotopic (exact) mass is 299 g/mol. The lowest BCUT2D eigenvalue weighted by Crippen LogP contribution is -1.97. The third-order valence-electron chi connectivity index (χ3n) is 4.07. The molecule has 4 aromatic rings. The van der Waals surface area contributed by atoms with Crippen LogP contribution in [0, 0.1) is 6.92 Å². The van der Waals surface area contributed by atoms with Gasteiger partial charge < -0.3 is 0 Å². The van der Waals surface area contributed by atoms with Crippen LogP contribution in [0.2, 0.25) is 0 Å². The van der Waals surface area contributed by atoms with Gasteiger partial charge in [0, 0.05) is 11.9 Å². The highest BCUT2D eigenvalue weighted by Gasteiger charge is 2.08. The molecule has 0 atom stereocenters. The molecule has 0 saturated carbocycles. The zero-order chi connectivity index (χ0) is 15.6. The molecule has 0 saturated heterocycles. The molecule has 0 amide bonds. The lowest BCUT2D eigenvalue weighted by molar-refractivity contribution is 0.998. The van der Waals surface area contributed by atoms with Gasteiger partial charge in [0.15, 0.2) is 0 Å². The van der Waals surface area contributed by atoms with Gasteiger partial charge in [-0.2, -0.15) is 0 Å². The molecule has 0 N–H and O–H groups in total. The average molecular weight is 299 g/mol. The number of aromatic nitrogens is 3. The minimum Gasteiger partial charge on any atom is -0.296 e. The van der Waals surface area contributed by atoms with Gasteiger partial charge in [-0.1, -0.05) is 42.5 Å². The second-order valence-corrected chi connectivity index (χ2v) is 5.69. The number of rotatable bonds is 3. The van der Waals surface area contributed by atoms with Gasteiger partial charge in [0.05, 0.1) is 11.7 Å². The Labute approximate surface area is 135 Å². The van der Waals surface area contributed by atoms with Gasteiger partial charge in [0.25, 0.3) is 0 Å². The Kier molecular flexibility index (Phi) is 3.39. The Bertz CT molecular complexity index is 938. The molecule has 0 radical (unpaired) electrons. The number of pyridine rings is 1. The number of hydrogen-bond acceptors (Lipinski definition) is 2. The summed E-state index contributed by atoms with van der Waals surface area (Å²) in [4.78, 5) is 8.73. The summed E-state index contributed by atoms with van der Waals surface area (Å²) in [6, 6.07) is 21.2. The number of imidazole rings is 1. The van der Waals surface area contributed by atoms with Crippen LogP contribution in [-0.4, -0.2) is 14.5 Å². The molecule has 23 heavy (non-hydrogen) atoms. The van der Waals surface area contributed by atoms with E-state index in [1.54, 1.807) is 0 Å². The normalized spacial score (nSPS) is 11.0. The van der Waals surface area contributed by atoms with Gasteiger partial charge >= 0.3 is 0 Å². The van der Waals surface area contributed by atoms with Crippen molar-refractivity contribution in [2.24, 2.45) is 0 Å². The van der Waals surface area contributed by atoms with Crippen LogP contribution >= 0.6 is 0 Å². The van der Waals surface area contributed by atoms with Crippen molar-refractivity contribution in [2.75, 3.05) is 0 Å². The zero-order valence-electron chi connectivity index (χ0n) is 13.0. The van der Waals surface area contributed by atoms with Gasteiger partial charge in [0.1, 0.15) is 11.3 Å². The Morgan fingerprint density at radius 1 is 0.870 bits per heavy atom. The van der Waals surface area contributed by atoms with Crippen LogP contribution in [-0.2, 0) is 6.42 Å². The molecule has 2 heterocycles. The quantitative estimate of drug-likeness (QED) is 0.564. The van der Waals surface area contributed by atoms with E-state index in [0.717, 1.165) is 29.0 Å². The van der Waals surface area contributed by atoms with Crippen LogP contribution in [0.4, 0.5) is 0 Å². The van der Waals surface area contributed by atoms with Crippen molar-refractivity contribution in [1.29, 1.82) is 0 Å². The van der Waals surface area contributed by atoms with Gasteiger partial charge in [-0.15, -0.1) is 0 Å². The van der Waals surface area contributed by atoms with Crippen LogP contribution in [0.1, 0.15) is 17.0 Å².